The first-order chi connectivity index (χ1) is 1.73. The molecule has 0 rings (SSSR count). The Kier molecular flexibility index (Phi) is 25.1. The summed E-state index contributed by atoms with van der Waals surface area (Å²) in [5, 5.41) is 16.7. The zero-order valence-corrected chi connectivity index (χ0v) is 8.60. The standard InChI is InChI=1S/CH2O3.Al.Ba/c2-1(3)4;;/h(H2,2,3,4);;/q;+3;+2/p-2. The molecule has 0 unspecified atom stereocenters. The Morgan fingerprint density at radius 1 is 1.33 bits per heavy atom. The van der Waals surface area contributed by atoms with Crippen molar-refractivity contribution in [2.75, 3.05) is 0 Å². The molecule has 0 aliphatic rings. The van der Waals surface area contributed by atoms with Crippen molar-refractivity contribution in [2.24, 2.45) is 0 Å². The van der Waals surface area contributed by atoms with Crippen molar-refractivity contribution in [3.8, 4) is 0 Å². The van der Waals surface area contributed by atoms with Crippen LogP contribution in [0.5, 0.6) is 0 Å². The van der Waals surface area contributed by atoms with Crippen LogP contribution in [0.25, 0.3) is 0 Å². The van der Waals surface area contributed by atoms with Crippen molar-refractivity contribution in [3.63, 3.8) is 0 Å². The summed E-state index contributed by atoms with van der Waals surface area (Å²) in [6.45, 7) is 0. The third-order valence-electron chi connectivity index (χ3n) is 0. The van der Waals surface area contributed by atoms with E-state index in [1.807, 2.05) is 0 Å². The molecule has 0 aromatic rings. The van der Waals surface area contributed by atoms with Gasteiger partial charge in [-0.15, -0.1) is 0 Å². The first-order valence-corrected chi connectivity index (χ1v) is 0.612. The Morgan fingerprint density at radius 2 is 1.33 bits per heavy atom. The monoisotopic (exact) mass is 225 g/mol. The van der Waals surface area contributed by atoms with Crippen molar-refractivity contribution in [1.29, 1.82) is 0 Å². The van der Waals surface area contributed by atoms with Crippen molar-refractivity contribution in [2.45, 2.75) is 0 Å². The van der Waals surface area contributed by atoms with Crippen molar-refractivity contribution in [1.82, 2.24) is 0 Å². The van der Waals surface area contributed by atoms with E-state index in [0.717, 1.165) is 0 Å². The fraction of sp³-hybridized carbons (Fsp3) is 0. The van der Waals surface area contributed by atoms with E-state index >= 15 is 0 Å². The molecule has 0 saturated heterocycles. The molecule has 3 nitrogen and oxygen atoms in total. The molecule has 0 heterocycles. The minimum Gasteiger partial charge on any atom is -0.652 e. The third kappa shape index (κ3) is 54.5. The Balaban J connectivity index is -0.0000000450. The number of hydrogen-bond donors (Lipinski definition) is 0. The average Bonchev–Trinajstić information content (AvgIpc) is 0.811. The smallest absolute Gasteiger partial charge is 0.652 e. The SMILES string of the molecule is O=C([O-])[O-].[Al+3].[Ba+2]. The molecule has 0 radical (unpaired) electrons. The first-order valence-electron chi connectivity index (χ1n) is 0.612. The Hall–Kier alpha value is 1.37. The fourth-order valence-corrected chi connectivity index (χ4v) is 0. The second-order valence-electron chi connectivity index (χ2n) is 0.250. The van der Waals surface area contributed by atoms with Gasteiger partial charge in [0.1, 0.15) is 0 Å². The fourth-order valence-electron chi connectivity index (χ4n) is 0. The summed E-state index contributed by atoms with van der Waals surface area (Å²) in [7, 11) is 0. The summed E-state index contributed by atoms with van der Waals surface area (Å²) in [6, 6.07) is 0. The van der Waals surface area contributed by atoms with Gasteiger partial charge in [-0.1, -0.05) is 0 Å². The maximum atomic E-state index is 8.33. The predicted octanol–water partition coefficient (Wildman–Crippen LogP) is -3.21. The number of carbonyl (C=O) groups is 1. The molecule has 0 spiro atoms. The number of carboxylic acid groups (broad SMARTS) is 2. The van der Waals surface area contributed by atoms with Crippen LogP contribution in [-0.4, -0.2) is 72.4 Å². The molecular formula is CAlBaO3+3. The van der Waals surface area contributed by atoms with Crippen LogP contribution < -0.4 is 10.2 Å². The normalized spacial score (nSPS) is 4.00. The molecular weight excluding hydrogens is 224 g/mol. The molecule has 5 heteroatoms. The Morgan fingerprint density at radius 3 is 1.33 bits per heavy atom. The molecule has 0 bridgehead atoms. The van der Waals surface area contributed by atoms with E-state index < -0.39 is 6.16 Å². The largest absolute Gasteiger partial charge is 3.00 e. The maximum Gasteiger partial charge on any atom is 3.00 e. The number of rotatable bonds is 0. The summed E-state index contributed by atoms with van der Waals surface area (Å²) in [4.78, 5) is 8.33. The zero-order chi connectivity index (χ0) is 3.58. The minimum atomic E-state index is -2.33. The van der Waals surface area contributed by atoms with Crippen molar-refractivity contribution < 1.29 is 15.0 Å². The first kappa shape index (κ1) is 15.7. The van der Waals surface area contributed by atoms with Crippen LogP contribution in [0.15, 0.2) is 0 Å². The van der Waals surface area contributed by atoms with Crippen molar-refractivity contribution in [3.05, 3.63) is 0 Å². The summed E-state index contributed by atoms with van der Waals surface area (Å²) in [5.74, 6) is 0. The molecule has 0 saturated carbocycles. The number of hydrogen-bond acceptors (Lipinski definition) is 3. The van der Waals surface area contributed by atoms with Gasteiger partial charge < -0.3 is 15.0 Å². The molecule has 0 amide bonds. The molecule has 6 heavy (non-hydrogen) atoms. The molecule has 0 aliphatic heterocycles. The molecule has 24 valence electrons. The van der Waals surface area contributed by atoms with Crippen molar-refractivity contribution >= 4 is 72.4 Å². The van der Waals surface area contributed by atoms with Gasteiger partial charge in [0.05, 0.1) is 0 Å². The van der Waals surface area contributed by atoms with E-state index in [-0.39, 0.29) is 66.2 Å². The van der Waals surface area contributed by atoms with Crippen LogP contribution in [0, 0.1) is 0 Å². The van der Waals surface area contributed by atoms with Crippen LogP contribution in [-0.2, 0) is 0 Å². The Labute approximate surface area is 85.9 Å². The van der Waals surface area contributed by atoms with Gasteiger partial charge in [0.15, 0.2) is 0 Å². The van der Waals surface area contributed by atoms with Gasteiger partial charge in [0, 0.05) is 0 Å². The molecule has 0 atom stereocenters. The van der Waals surface area contributed by atoms with Gasteiger partial charge >= 0.3 is 66.2 Å². The summed E-state index contributed by atoms with van der Waals surface area (Å²) >= 11 is 0. The van der Waals surface area contributed by atoms with Gasteiger partial charge in [-0.3, -0.25) is 0 Å². The van der Waals surface area contributed by atoms with Gasteiger partial charge in [0.25, 0.3) is 0 Å². The summed E-state index contributed by atoms with van der Waals surface area (Å²) < 4.78 is 0. The van der Waals surface area contributed by atoms with E-state index in [4.69, 9.17) is 15.0 Å². The van der Waals surface area contributed by atoms with Gasteiger partial charge in [-0.2, -0.15) is 0 Å². The van der Waals surface area contributed by atoms with E-state index in [0.29, 0.717) is 0 Å². The average molecular weight is 224 g/mol. The van der Waals surface area contributed by atoms with Gasteiger partial charge in [-0.05, 0) is 6.16 Å². The number of carbonyl (C=O) groups excluding carboxylic acids is 1. The van der Waals surface area contributed by atoms with Crippen LogP contribution >= 0.6 is 0 Å². The van der Waals surface area contributed by atoms with E-state index in [9.17, 15) is 0 Å². The summed E-state index contributed by atoms with van der Waals surface area (Å²) in [5.41, 5.74) is 0. The molecule has 0 aromatic heterocycles. The quantitative estimate of drug-likeness (QED) is 0.407. The van der Waals surface area contributed by atoms with Crippen LogP contribution in [0.4, 0.5) is 4.79 Å². The van der Waals surface area contributed by atoms with Gasteiger partial charge in [0.2, 0.25) is 0 Å². The molecule has 0 fully saturated rings. The van der Waals surface area contributed by atoms with Gasteiger partial charge in [-0.25, -0.2) is 0 Å². The molecule has 0 aromatic carbocycles. The van der Waals surface area contributed by atoms with E-state index in [1.165, 1.54) is 0 Å². The second kappa shape index (κ2) is 9.62. The Bertz CT molecular complexity index is 33.8. The minimum absolute atomic E-state index is 0. The topological polar surface area (TPSA) is 63.2 Å². The maximum absolute atomic E-state index is 8.33. The van der Waals surface area contributed by atoms with Crippen LogP contribution in [0.2, 0.25) is 0 Å². The van der Waals surface area contributed by atoms with E-state index in [1.54, 1.807) is 0 Å². The second-order valence-corrected chi connectivity index (χ2v) is 0.250. The van der Waals surface area contributed by atoms with E-state index in [2.05, 4.69) is 0 Å². The van der Waals surface area contributed by atoms with Crippen LogP contribution in [0.1, 0.15) is 0 Å². The third-order valence-corrected chi connectivity index (χ3v) is 0. The molecule has 0 aliphatic carbocycles. The molecule has 0 N–H and O–H groups in total. The zero-order valence-electron chi connectivity index (χ0n) is 3.01. The predicted molar refractivity (Wildman–Crippen MR) is 16.9 cm³/mol. The summed E-state index contributed by atoms with van der Waals surface area (Å²) in [6.07, 6.45) is -2.33. The van der Waals surface area contributed by atoms with Crippen LogP contribution in [0.3, 0.4) is 0 Å².